The number of likely N-dealkylation sites (tertiary alicyclic amines) is 1. The number of benzene rings is 1. The largest absolute Gasteiger partial charge is 0.478 e. The minimum Gasteiger partial charge on any atom is -0.478 e. The Morgan fingerprint density at radius 3 is 2.76 bits per heavy atom. The van der Waals surface area contributed by atoms with E-state index in [-0.39, 0.29) is 17.3 Å². The third-order valence-corrected chi connectivity index (χ3v) is 4.09. The second-order valence-corrected chi connectivity index (χ2v) is 5.48. The SMILES string of the molecule is CC1CCCN(C(=O)Nc2cc(C(=O)O)ccc2F)C1C. The first-order valence-electron chi connectivity index (χ1n) is 7.00. The molecule has 1 fully saturated rings. The molecule has 2 N–H and O–H groups in total. The minimum atomic E-state index is -1.16. The van der Waals surface area contributed by atoms with Gasteiger partial charge in [0.1, 0.15) is 5.82 Å². The summed E-state index contributed by atoms with van der Waals surface area (Å²) in [7, 11) is 0. The number of carbonyl (C=O) groups is 2. The van der Waals surface area contributed by atoms with E-state index in [4.69, 9.17) is 5.11 Å². The third kappa shape index (κ3) is 3.32. The molecule has 114 valence electrons. The maximum Gasteiger partial charge on any atom is 0.335 e. The van der Waals surface area contributed by atoms with Crippen LogP contribution in [0, 0.1) is 11.7 Å². The highest BCUT2D eigenvalue weighted by Crippen LogP contribution is 2.24. The summed E-state index contributed by atoms with van der Waals surface area (Å²) in [6.07, 6.45) is 1.98. The highest BCUT2D eigenvalue weighted by atomic mass is 19.1. The number of amides is 2. The van der Waals surface area contributed by atoms with Crippen LogP contribution in [0.1, 0.15) is 37.0 Å². The molecule has 2 amide bonds. The molecular weight excluding hydrogens is 275 g/mol. The van der Waals surface area contributed by atoms with Gasteiger partial charge in [-0.05, 0) is 43.9 Å². The summed E-state index contributed by atoms with van der Waals surface area (Å²) in [5, 5.41) is 11.4. The molecule has 0 bridgehead atoms. The van der Waals surface area contributed by atoms with Crippen LogP contribution in [-0.2, 0) is 0 Å². The van der Waals surface area contributed by atoms with E-state index in [1.54, 1.807) is 4.90 Å². The first-order chi connectivity index (χ1) is 9.90. The minimum absolute atomic E-state index is 0.0632. The molecule has 2 unspecified atom stereocenters. The molecule has 1 aliphatic rings. The average molecular weight is 294 g/mol. The molecule has 6 heteroatoms. The summed E-state index contributed by atoms with van der Waals surface area (Å²) in [6, 6.07) is 3.02. The summed E-state index contributed by atoms with van der Waals surface area (Å²) in [5.74, 6) is -1.42. The summed E-state index contributed by atoms with van der Waals surface area (Å²) in [5.41, 5.74) is -0.169. The molecule has 0 radical (unpaired) electrons. The van der Waals surface area contributed by atoms with Gasteiger partial charge in [-0.15, -0.1) is 0 Å². The summed E-state index contributed by atoms with van der Waals surface area (Å²) in [4.78, 5) is 24.8. The maximum atomic E-state index is 13.7. The molecule has 0 spiro atoms. The van der Waals surface area contributed by atoms with E-state index in [0.29, 0.717) is 12.5 Å². The molecule has 1 aromatic carbocycles. The molecule has 1 saturated heterocycles. The van der Waals surface area contributed by atoms with Gasteiger partial charge in [-0.2, -0.15) is 0 Å². The fourth-order valence-electron chi connectivity index (χ4n) is 2.56. The van der Waals surface area contributed by atoms with Crippen LogP contribution < -0.4 is 5.32 Å². The standard InChI is InChI=1S/C15H19FN2O3/c1-9-4-3-7-18(10(9)2)15(21)17-13-8-11(14(19)20)5-6-12(13)16/h5-6,8-10H,3-4,7H2,1-2H3,(H,17,21)(H,19,20). The number of carbonyl (C=O) groups excluding carboxylic acids is 1. The van der Waals surface area contributed by atoms with Crippen LogP contribution in [0.5, 0.6) is 0 Å². The van der Waals surface area contributed by atoms with E-state index >= 15 is 0 Å². The zero-order valence-corrected chi connectivity index (χ0v) is 12.1. The number of hydrogen-bond donors (Lipinski definition) is 2. The highest BCUT2D eigenvalue weighted by Gasteiger charge is 2.28. The molecule has 1 heterocycles. The number of anilines is 1. The van der Waals surface area contributed by atoms with Gasteiger partial charge in [0.05, 0.1) is 11.3 Å². The summed E-state index contributed by atoms with van der Waals surface area (Å²) < 4.78 is 13.7. The van der Waals surface area contributed by atoms with Gasteiger partial charge in [-0.25, -0.2) is 14.0 Å². The van der Waals surface area contributed by atoms with Crippen LogP contribution in [0.4, 0.5) is 14.9 Å². The zero-order valence-electron chi connectivity index (χ0n) is 12.1. The lowest BCUT2D eigenvalue weighted by atomic mass is 9.92. The van der Waals surface area contributed by atoms with Crippen molar-refractivity contribution in [3.63, 3.8) is 0 Å². The van der Waals surface area contributed by atoms with Crippen molar-refractivity contribution in [3.8, 4) is 0 Å². The van der Waals surface area contributed by atoms with Crippen LogP contribution in [0.2, 0.25) is 0 Å². The van der Waals surface area contributed by atoms with Crippen LogP contribution in [0.15, 0.2) is 18.2 Å². The van der Waals surface area contributed by atoms with Crippen LogP contribution in [-0.4, -0.2) is 34.6 Å². The van der Waals surface area contributed by atoms with Crippen LogP contribution >= 0.6 is 0 Å². The lowest BCUT2D eigenvalue weighted by Gasteiger charge is -2.37. The van der Waals surface area contributed by atoms with Crippen molar-refractivity contribution in [2.24, 2.45) is 5.92 Å². The van der Waals surface area contributed by atoms with E-state index in [1.807, 2.05) is 6.92 Å². The third-order valence-electron chi connectivity index (χ3n) is 4.09. The van der Waals surface area contributed by atoms with Gasteiger partial charge in [0.25, 0.3) is 0 Å². The van der Waals surface area contributed by atoms with Crippen molar-refractivity contribution in [3.05, 3.63) is 29.6 Å². The fourth-order valence-corrected chi connectivity index (χ4v) is 2.56. The van der Waals surface area contributed by atoms with Gasteiger partial charge in [-0.1, -0.05) is 6.92 Å². The topological polar surface area (TPSA) is 69.6 Å². The van der Waals surface area contributed by atoms with Crippen molar-refractivity contribution in [1.82, 2.24) is 4.90 Å². The number of aromatic carboxylic acids is 1. The number of nitrogens with one attached hydrogen (secondary N) is 1. The Kier molecular flexibility index (Phi) is 4.45. The van der Waals surface area contributed by atoms with Crippen LogP contribution in [0.25, 0.3) is 0 Å². The number of rotatable bonds is 2. The van der Waals surface area contributed by atoms with Crippen molar-refractivity contribution in [2.45, 2.75) is 32.7 Å². The number of nitrogens with zero attached hydrogens (tertiary/aromatic N) is 1. The number of carboxylic acid groups (broad SMARTS) is 1. The summed E-state index contributed by atoms with van der Waals surface area (Å²) in [6.45, 7) is 4.67. The molecule has 0 saturated carbocycles. The Balaban J connectivity index is 2.15. The molecule has 2 rings (SSSR count). The summed E-state index contributed by atoms with van der Waals surface area (Å²) >= 11 is 0. The second kappa shape index (κ2) is 6.11. The van der Waals surface area contributed by atoms with Crippen molar-refractivity contribution in [1.29, 1.82) is 0 Å². The normalized spacial score (nSPS) is 22.0. The lowest BCUT2D eigenvalue weighted by molar-refractivity contribution is 0.0696. The van der Waals surface area contributed by atoms with Gasteiger partial charge >= 0.3 is 12.0 Å². The average Bonchev–Trinajstić information content (AvgIpc) is 2.43. The first kappa shape index (κ1) is 15.3. The highest BCUT2D eigenvalue weighted by molar-refractivity contribution is 5.93. The van der Waals surface area contributed by atoms with E-state index in [0.717, 1.165) is 25.0 Å². The molecule has 21 heavy (non-hydrogen) atoms. The molecule has 5 nitrogen and oxygen atoms in total. The Hall–Kier alpha value is -2.11. The van der Waals surface area contributed by atoms with Crippen molar-refractivity contribution < 1.29 is 19.1 Å². The van der Waals surface area contributed by atoms with Crippen LogP contribution in [0.3, 0.4) is 0 Å². The molecule has 2 atom stereocenters. The Morgan fingerprint density at radius 1 is 1.38 bits per heavy atom. The van der Waals surface area contributed by atoms with E-state index in [1.165, 1.54) is 6.07 Å². The number of carboxylic acids is 1. The Bertz CT molecular complexity index is 562. The monoisotopic (exact) mass is 294 g/mol. The lowest BCUT2D eigenvalue weighted by Crippen LogP contribution is -2.48. The quantitative estimate of drug-likeness (QED) is 0.880. The number of urea groups is 1. The predicted molar refractivity (Wildman–Crippen MR) is 76.9 cm³/mol. The van der Waals surface area contributed by atoms with Gasteiger partial charge in [0, 0.05) is 12.6 Å². The van der Waals surface area contributed by atoms with Gasteiger partial charge in [0.2, 0.25) is 0 Å². The van der Waals surface area contributed by atoms with E-state index in [9.17, 15) is 14.0 Å². The number of halogens is 1. The van der Waals surface area contributed by atoms with E-state index in [2.05, 4.69) is 12.2 Å². The number of hydrogen-bond acceptors (Lipinski definition) is 2. The van der Waals surface area contributed by atoms with Crippen molar-refractivity contribution >= 4 is 17.7 Å². The van der Waals surface area contributed by atoms with Gasteiger partial charge in [-0.3, -0.25) is 0 Å². The first-order valence-corrected chi connectivity index (χ1v) is 7.00. The fraction of sp³-hybridized carbons (Fsp3) is 0.467. The smallest absolute Gasteiger partial charge is 0.335 e. The number of piperidine rings is 1. The Morgan fingerprint density at radius 2 is 2.10 bits per heavy atom. The molecule has 1 aliphatic heterocycles. The molecule has 0 aromatic heterocycles. The molecule has 1 aromatic rings. The maximum absolute atomic E-state index is 13.7. The molecule has 0 aliphatic carbocycles. The van der Waals surface area contributed by atoms with Gasteiger partial charge in [0.15, 0.2) is 0 Å². The van der Waals surface area contributed by atoms with E-state index < -0.39 is 17.8 Å². The van der Waals surface area contributed by atoms with Crippen molar-refractivity contribution in [2.75, 3.05) is 11.9 Å². The Labute approximate surface area is 122 Å². The zero-order chi connectivity index (χ0) is 15.6. The second-order valence-electron chi connectivity index (χ2n) is 5.48. The van der Waals surface area contributed by atoms with Gasteiger partial charge < -0.3 is 15.3 Å². The predicted octanol–water partition coefficient (Wildman–Crippen LogP) is 3.18. The molecular formula is C15H19FN2O3.